The maximum atomic E-state index is 11.6. The van der Waals surface area contributed by atoms with Gasteiger partial charge in [-0.05, 0) is 37.6 Å². The predicted molar refractivity (Wildman–Crippen MR) is 77.5 cm³/mol. The third kappa shape index (κ3) is 5.48. The van der Waals surface area contributed by atoms with E-state index in [0.29, 0.717) is 12.3 Å². The molecule has 112 valence electrons. The normalized spacial score (nSPS) is 11.9. The van der Waals surface area contributed by atoms with E-state index < -0.39 is 23.8 Å². The summed E-state index contributed by atoms with van der Waals surface area (Å²) in [6.07, 6.45) is 2.90. The third-order valence-corrected chi connectivity index (χ3v) is 2.64. The molecule has 1 atom stereocenters. The molecule has 0 radical (unpaired) electrons. The average molecular weight is 291 g/mol. The molecule has 0 saturated carbocycles. The Morgan fingerprint density at radius 2 is 1.90 bits per heavy atom. The Morgan fingerprint density at radius 1 is 1.29 bits per heavy atom. The first-order valence-corrected chi connectivity index (χ1v) is 6.42. The number of hydrogen-bond donors (Lipinski definition) is 2. The van der Waals surface area contributed by atoms with Crippen LogP contribution in [0.25, 0.3) is 6.08 Å². The average Bonchev–Trinajstić information content (AvgIpc) is 2.45. The van der Waals surface area contributed by atoms with Gasteiger partial charge >= 0.3 is 11.9 Å². The van der Waals surface area contributed by atoms with E-state index in [4.69, 9.17) is 9.84 Å². The number of benzene rings is 1. The zero-order chi connectivity index (χ0) is 15.8. The van der Waals surface area contributed by atoms with Crippen molar-refractivity contribution in [3.05, 3.63) is 35.9 Å². The number of carboxylic acid groups (broad SMARTS) is 1. The summed E-state index contributed by atoms with van der Waals surface area (Å²) in [6, 6.07) is 6.63. The van der Waals surface area contributed by atoms with Crippen LogP contribution in [0.2, 0.25) is 0 Å². The highest BCUT2D eigenvalue weighted by Gasteiger charge is 2.20. The summed E-state index contributed by atoms with van der Waals surface area (Å²) < 4.78 is 4.75. The number of hydrogen-bond acceptors (Lipinski definition) is 4. The molecule has 0 bridgehead atoms. The number of anilines is 1. The van der Waals surface area contributed by atoms with Crippen molar-refractivity contribution in [1.82, 2.24) is 0 Å². The van der Waals surface area contributed by atoms with Crippen LogP contribution in [0.3, 0.4) is 0 Å². The zero-order valence-corrected chi connectivity index (χ0v) is 11.8. The van der Waals surface area contributed by atoms with Crippen LogP contribution in [0.1, 0.15) is 19.4 Å². The summed E-state index contributed by atoms with van der Waals surface area (Å²) in [4.78, 5) is 33.4. The van der Waals surface area contributed by atoms with Crippen molar-refractivity contribution in [1.29, 1.82) is 0 Å². The number of rotatable bonds is 6. The van der Waals surface area contributed by atoms with Crippen molar-refractivity contribution in [2.24, 2.45) is 5.92 Å². The van der Waals surface area contributed by atoms with Gasteiger partial charge in [0.2, 0.25) is 5.91 Å². The number of nitrogens with one attached hydrogen (secondary N) is 1. The van der Waals surface area contributed by atoms with Gasteiger partial charge < -0.3 is 15.2 Å². The lowest BCUT2D eigenvalue weighted by Gasteiger charge is -2.08. The van der Waals surface area contributed by atoms with Gasteiger partial charge in [-0.25, -0.2) is 4.79 Å². The molecule has 6 heteroatoms. The summed E-state index contributed by atoms with van der Waals surface area (Å²) in [7, 11) is 0. The van der Waals surface area contributed by atoms with Gasteiger partial charge in [-0.2, -0.15) is 0 Å². The van der Waals surface area contributed by atoms with Crippen molar-refractivity contribution in [3.63, 3.8) is 0 Å². The van der Waals surface area contributed by atoms with Crippen LogP contribution < -0.4 is 5.32 Å². The minimum atomic E-state index is -1.18. The molecular formula is C15H17NO5. The van der Waals surface area contributed by atoms with Crippen LogP contribution in [0.4, 0.5) is 5.69 Å². The Kier molecular flexibility index (Phi) is 6.13. The van der Waals surface area contributed by atoms with Gasteiger partial charge in [0.15, 0.2) is 0 Å². The number of carbonyl (C=O) groups is 3. The standard InChI is InChI=1S/C15H17NO5/c1-3-21-13(17)9-6-11-4-7-12(8-5-11)16-14(18)10(2)15(19)20/h4-10H,3H2,1-2H3,(H,16,18)(H,19,20)/b9-6+. The van der Waals surface area contributed by atoms with E-state index in [0.717, 1.165) is 5.56 Å². The molecule has 0 fully saturated rings. The van der Waals surface area contributed by atoms with E-state index in [9.17, 15) is 14.4 Å². The molecule has 1 amide bonds. The number of ether oxygens (including phenoxy) is 1. The maximum Gasteiger partial charge on any atom is 0.330 e. The van der Waals surface area contributed by atoms with Crippen LogP contribution in [0.5, 0.6) is 0 Å². The van der Waals surface area contributed by atoms with Gasteiger partial charge in [-0.3, -0.25) is 9.59 Å². The molecule has 21 heavy (non-hydrogen) atoms. The second-order valence-electron chi connectivity index (χ2n) is 4.26. The number of aliphatic carboxylic acids is 1. The van der Waals surface area contributed by atoms with E-state index >= 15 is 0 Å². The molecule has 0 aliphatic carbocycles. The lowest BCUT2D eigenvalue weighted by molar-refractivity contribution is -0.144. The van der Waals surface area contributed by atoms with Crippen LogP contribution in [-0.2, 0) is 19.1 Å². The highest BCUT2D eigenvalue weighted by Crippen LogP contribution is 2.12. The Bertz CT molecular complexity index is 548. The Labute approximate surface area is 122 Å². The maximum absolute atomic E-state index is 11.6. The van der Waals surface area contributed by atoms with E-state index in [-0.39, 0.29) is 0 Å². The molecule has 2 N–H and O–H groups in total. The smallest absolute Gasteiger partial charge is 0.330 e. The fourth-order valence-corrected chi connectivity index (χ4v) is 1.39. The highest BCUT2D eigenvalue weighted by atomic mass is 16.5. The fraction of sp³-hybridized carbons (Fsp3) is 0.267. The number of carboxylic acids is 1. The third-order valence-electron chi connectivity index (χ3n) is 2.64. The number of carbonyl (C=O) groups excluding carboxylic acids is 2. The summed E-state index contributed by atoms with van der Waals surface area (Å²) >= 11 is 0. The lowest BCUT2D eigenvalue weighted by Crippen LogP contribution is -2.26. The Morgan fingerprint density at radius 3 is 2.43 bits per heavy atom. The van der Waals surface area contributed by atoms with Crippen molar-refractivity contribution < 1.29 is 24.2 Å². The van der Waals surface area contributed by atoms with Crippen molar-refractivity contribution in [2.45, 2.75) is 13.8 Å². The monoisotopic (exact) mass is 291 g/mol. The van der Waals surface area contributed by atoms with Crippen LogP contribution >= 0.6 is 0 Å². The second-order valence-corrected chi connectivity index (χ2v) is 4.26. The summed E-state index contributed by atoms with van der Waals surface area (Å²) in [5.41, 5.74) is 1.24. The molecule has 1 unspecified atom stereocenters. The summed E-state index contributed by atoms with van der Waals surface area (Å²) in [5.74, 6) is -3.31. The van der Waals surface area contributed by atoms with Gasteiger partial charge in [0.05, 0.1) is 6.61 Å². The van der Waals surface area contributed by atoms with Crippen LogP contribution in [0, 0.1) is 5.92 Å². The molecule has 1 aromatic rings. The van der Waals surface area contributed by atoms with E-state index in [1.807, 2.05) is 0 Å². The number of amides is 1. The summed E-state index contributed by atoms with van der Waals surface area (Å²) in [5, 5.41) is 11.2. The van der Waals surface area contributed by atoms with Gasteiger partial charge in [-0.1, -0.05) is 12.1 Å². The molecule has 1 rings (SSSR count). The van der Waals surface area contributed by atoms with Gasteiger partial charge in [-0.15, -0.1) is 0 Å². The second kappa shape index (κ2) is 7.84. The van der Waals surface area contributed by atoms with Gasteiger partial charge in [0.25, 0.3) is 0 Å². The summed E-state index contributed by atoms with van der Waals surface area (Å²) in [6.45, 7) is 3.35. The molecule has 6 nitrogen and oxygen atoms in total. The van der Waals surface area contributed by atoms with Crippen molar-refractivity contribution in [2.75, 3.05) is 11.9 Å². The predicted octanol–water partition coefficient (Wildman–Crippen LogP) is 1.92. The molecule has 0 heterocycles. The largest absolute Gasteiger partial charge is 0.481 e. The zero-order valence-electron chi connectivity index (χ0n) is 11.8. The highest BCUT2D eigenvalue weighted by molar-refractivity contribution is 6.03. The van der Waals surface area contributed by atoms with Crippen molar-refractivity contribution >= 4 is 29.6 Å². The minimum Gasteiger partial charge on any atom is -0.481 e. The quantitative estimate of drug-likeness (QED) is 0.474. The van der Waals surface area contributed by atoms with E-state index in [1.165, 1.54) is 13.0 Å². The molecule has 0 aliphatic rings. The molecule has 0 saturated heterocycles. The first kappa shape index (κ1) is 16.4. The topological polar surface area (TPSA) is 92.7 Å². The molecule has 0 spiro atoms. The minimum absolute atomic E-state index is 0.315. The molecule has 0 aliphatic heterocycles. The van der Waals surface area contributed by atoms with Gasteiger partial charge in [0.1, 0.15) is 5.92 Å². The van der Waals surface area contributed by atoms with Crippen LogP contribution in [-0.4, -0.2) is 29.6 Å². The molecule has 1 aromatic carbocycles. The molecular weight excluding hydrogens is 274 g/mol. The van der Waals surface area contributed by atoms with E-state index in [2.05, 4.69) is 5.32 Å². The van der Waals surface area contributed by atoms with E-state index in [1.54, 1.807) is 37.3 Å². The van der Waals surface area contributed by atoms with Gasteiger partial charge in [0, 0.05) is 11.8 Å². The molecule has 0 aromatic heterocycles. The fourth-order valence-electron chi connectivity index (χ4n) is 1.39. The Hall–Kier alpha value is -2.63. The SMILES string of the molecule is CCOC(=O)/C=C/c1ccc(NC(=O)C(C)C(=O)O)cc1. The first-order valence-electron chi connectivity index (χ1n) is 6.42. The Balaban J connectivity index is 2.64. The van der Waals surface area contributed by atoms with Crippen LogP contribution in [0.15, 0.2) is 30.3 Å². The van der Waals surface area contributed by atoms with Crippen molar-refractivity contribution in [3.8, 4) is 0 Å². The lowest BCUT2D eigenvalue weighted by atomic mass is 10.1. The number of esters is 1. The first-order chi connectivity index (χ1) is 9.93.